The summed E-state index contributed by atoms with van der Waals surface area (Å²) in [5.41, 5.74) is 9.46. The summed E-state index contributed by atoms with van der Waals surface area (Å²) >= 11 is 0. The molecule has 1 fully saturated rings. The van der Waals surface area contributed by atoms with E-state index < -0.39 is 0 Å². The number of likely N-dealkylation sites (N-methyl/N-ethyl adjacent to an activating group) is 1. The molecule has 2 aliphatic rings. The van der Waals surface area contributed by atoms with Crippen molar-refractivity contribution in [3.63, 3.8) is 0 Å². The molecule has 0 radical (unpaired) electrons. The lowest BCUT2D eigenvalue weighted by Crippen LogP contribution is -2.29. The number of hydrogen-bond acceptors (Lipinski definition) is 5. The van der Waals surface area contributed by atoms with Gasteiger partial charge >= 0.3 is 0 Å². The molecule has 0 saturated carbocycles. The number of nitrogens with two attached hydrogens (primary N) is 1. The second-order valence-electron chi connectivity index (χ2n) is 5.68. The normalized spacial score (nSPS) is 27.4. The van der Waals surface area contributed by atoms with Gasteiger partial charge in [-0.1, -0.05) is 0 Å². The molecule has 2 aliphatic heterocycles. The standard InChI is InChI=1S/C13H23N5O/c1-9-10-7-17(8-14)5-4-6-18(10)15-11(9)12-13(19-12)16(2)3/h12-13H,4-8,14H2,1-3H3. The average Bonchev–Trinajstić information content (AvgIpc) is 3.15. The second kappa shape index (κ2) is 4.86. The zero-order valence-corrected chi connectivity index (χ0v) is 12.0. The summed E-state index contributed by atoms with van der Waals surface area (Å²) in [6.07, 6.45) is 1.43. The molecule has 2 atom stereocenters. The van der Waals surface area contributed by atoms with Crippen LogP contribution in [0, 0.1) is 6.92 Å². The third kappa shape index (κ3) is 2.29. The van der Waals surface area contributed by atoms with Gasteiger partial charge < -0.3 is 10.5 Å². The van der Waals surface area contributed by atoms with Crippen molar-refractivity contribution in [2.75, 3.05) is 27.3 Å². The first-order chi connectivity index (χ1) is 9.11. The van der Waals surface area contributed by atoms with Gasteiger partial charge in [0.1, 0.15) is 12.3 Å². The largest absolute Gasteiger partial charge is 0.346 e. The average molecular weight is 265 g/mol. The molecule has 0 amide bonds. The lowest BCUT2D eigenvalue weighted by atomic mass is 10.1. The van der Waals surface area contributed by atoms with Crippen LogP contribution in [0.3, 0.4) is 0 Å². The molecule has 2 N–H and O–H groups in total. The van der Waals surface area contributed by atoms with Crippen LogP contribution in [0.1, 0.15) is 29.5 Å². The summed E-state index contributed by atoms with van der Waals surface area (Å²) in [6.45, 7) is 5.69. The quantitative estimate of drug-likeness (QED) is 0.795. The van der Waals surface area contributed by atoms with Crippen molar-refractivity contribution in [3.05, 3.63) is 17.0 Å². The van der Waals surface area contributed by atoms with E-state index in [9.17, 15) is 0 Å². The third-order valence-electron chi connectivity index (χ3n) is 4.08. The Morgan fingerprint density at radius 2 is 2.21 bits per heavy atom. The molecular formula is C13H23N5O. The molecule has 0 spiro atoms. The van der Waals surface area contributed by atoms with Crippen molar-refractivity contribution in [2.45, 2.75) is 38.8 Å². The topological polar surface area (TPSA) is 62.9 Å². The third-order valence-corrected chi connectivity index (χ3v) is 4.08. The zero-order valence-electron chi connectivity index (χ0n) is 12.0. The van der Waals surface area contributed by atoms with Gasteiger partial charge in [-0.25, -0.2) is 0 Å². The Labute approximate surface area is 114 Å². The first-order valence-corrected chi connectivity index (χ1v) is 6.92. The maximum absolute atomic E-state index is 5.79. The smallest absolute Gasteiger partial charge is 0.143 e. The van der Waals surface area contributed by atoms with Crippen LogP contribution in [0.2, 0.25) is 0 Å². The minimum atomic E-state index is 0.140. The van der Waals surface area contributed by atoms with E-state index in [0.29, 0.717) is 6.67 Å². The van der Waals surface area contributed by atoms with Gasteiger partial charge in [-0.05, 0) is 33.0 Å². The zero-order chi connectivity index (χ0) is 13.6. The highest BCUT2D eigenvalue weighted by Gasteiger charge is 2.45. The minimum absolute atomic E-state index is 0.140. The van der Waals surface area contributed by atoms with E-state index in [4.69, 9.17) is 15.6 Å². The van der Waals surface area contributed by atoms with Crippen molar-refractivity contribution in [1.82, 2.24) is 19.6 Å². The molecular weight excluding hydrogens is 242 g/mol. The van der Waals surface area contributed by atoms with Gasteiger partial charge in [0, 0.05) is 26.3 Å². The predicted molar refractivity (Wildman–Crippen MR) is 72.3 cm³/mol. The number of nitrogens with zero attached hydrogens (tertiary/aromatic N) is 4. The maximum atomic E-state index is 5.79. The van der Waals surface area contributed by atoms with Crippen LogP contribution in [-0.2, 0) is 17.8 Å². The summed E-state index contributed by atoms with van der Waals surface area (Å²) in [6, 6.07) is 0. The summed E-state index contributed by atoms with van der Waals surface area (Å²) < 4.78 is 7.87. The Morgan fingerprint density at radius 3 is 2.84 bits per heavy atom. The van der Waals surface area contributed by atoms with Gasteiger partial charge in [0.05, 0.1) is 11.4 Å². The van der Waals surface area contributed by atoms with Gasteiger partial charge in [-0.15, -0.1) is 0 Å². The number of fused-ring (bicyclic) bond motifs is 1. The Morgan fingerprint density at radius 1 is 1.42 bits per heavy atom. The summed E-state index contributed by atoms with van der Waals surface area (Å²) in [5.74, 6) is 0. The number of ether oxygens (including phenoxy) is 1. The Balaban J connectivity index is 1.86. The number of hydrogen-bond donors (Lipinski definition) is 1. The molecule has 6 nitrogen and oxygen atoms in total. The SMILES string of the molecule is Cc1c(C2OC2N(C)C)nn2c1CN(CN)CCC2. The molecule has 3 heterocycles. The first kappa shape index (κ1) is 13.1. The van der Waals surface area contributed by atoms with E-state index in [1.165, 1.54) is 11.3 Å². The van der Waals surface area contributed by atoms with Crippen LogP contribution in [0.25, 0.3) is 0 Å². The van der Waals surface area contributed by atoms with Gasteiger partial charge in [0.25, 0.3) is 0 Å². The molecule has 19 heavy (non-hydrogen) atoms. The molecule has 3 rings (SSSR count). The Kier molecular flexibility index (Phi) is 3.34. The fraction of sp³-hybridized carbons (Fsp3) is 0.769. The minimum Gasteiger partial charge on any atom is -0.346 e. The lowest BCUT2D eigenvalue weighted by Gasteiger charge is -2.16. The van der Waals surface area contributed by atoms with Gasteiger partial charge in [-0.3, -0.25) is 14.5 Å². The highest BCUT2D eigenvalue weighted by atomic mass is 16.6. The van der Waals surface area contributed by atoms with Crippen molar-refractivity contribution in [2.24, 2.45) is 5.73 Å². The number of aromatic nitrogens is 2. The van der Waals surface area contributed by atoms with E-state index in [0.717, 1.165) is 31.7 Å². The number of rotatable bonds is 3. The van der Waals surface area contributed by atoms with Crippen LogP contribution in [-0.4, -0.2) is 53.1 Å². The van der Waals surface area contributed by atoms with Crippen molar-refractivity contribution in [1.29, 1.82) is 0 Å². The molecule has 2 unspecified atom stereocenters. The van der Waals surface area contributed by atoms with Crippen LogP contribution >= 0.6 is 0 Å². The molecule has 0 aliphatic carbocycles. The number of aryl methyl sites for hydroxylation is 1. The molecule has 1 saturated heterocycles. The van der Waals surface area contributed by atoms with Gasteiger partial charge in [-0.2, -0.15) is 5.10 Å². The lowest BCUT2D eigenvalue weighted by molar-refractivity contribution is 0.244. The van der Waals surface area contributed by atoms with Gasteiger partial charge in [0.15, 0.2) is 0 Å². The van der Waals surface area contributed by atoms with E-state index in [1.54, 1.807) is 0 Å². The van der Waals surface area contributed by atoms with E-state index in [1.807, 2.05) is 14.1 Å². The molecule has 1 aromatic rings. The van der Waals surface area contributed by atoms with E-state index in [-0.39, 0.29) is 12.3 Å². The Hall–Kier alpha value is -0.950. The fourth-order valence-corrected chi connectivity index (χ4v) is 2.85. The van der Waals surface area contributed by atoms with Crippen molar-refractivity contribution in [3.8, 4) is 0 Å². The van der Waals surface area contributed by atoms with E-state index >= 15 is 0 Å². The van der Waals surface area contributed by atoms with Crippen LogP contribution in [0.4, 0.5) is 0 Å². The molecule has 6 heteroatoms. The van der Waals surface area contributed by atoms with Gasteiger partial charge in [0.2, 0.25) is 0 Å². The van der Waals surface area contributed by atoms with Crippen LogP contribution in [0.5, 0.6) is 0 Å². The molecule has 106 valence electrons. The molecule has 0 aromatic carbocycles. The monoisotopic (exact) mass is 265 g/mol. The summed E-state index contributed by atoms with van der Waals surface area (Å²) in [7, 11) is 4.08. The summed E-state index contributed by atoms with van der Waals surface area (Å²) in [5, 5.41) is 4.77. The fourth-order valence-electron chi connectivity index (χ4n) is 2.85. The van der Waals surface area contributed by atoms with Crippen LogP contribution < -0.4 is 5.73 Å². The maximum Gasteiger partial charge on any atom is 0.143 e. The Bertz CT molecular complexity index is 470. The highest BCUT2D eigenvalue weighted by molar-refractivity contribution is 5.29. The number of epoxide rings is 1. The highest BCUT2D eigenvalue weighted by Crippen LogP contribution is 2.41. The second-order valence-corrected chi connectivity index (χ2v) is 5.68. The van der Waals surface area contributed by atoms with Crippen LogP contribution in [0.15, 0.2) is 0 Å². The molecule has 0 bridgehead atoms. The summed E-state index contributed by atoms with van der Waals surface area (Å²) in [4.78, 5) is 4.37. The first-order valence-electron chi connectivity index (χ1n) is 6.92. The van der Waals surface area contributed by atoms with E-state index in [2.05, 4.69) is 21.4 Å². The van der Waals surface area contributed by atoms with Crippen molar-refractivity contribution < 1.29 is 4.74 Å². The van der Waals surface area contributed by atoms with Crippen molar-refractivity contribution >= 4 is 0 Å². The predicted octanol–water partition coefficient (Wildman–Crippen LogP) is 0.272. The molecule has 1 aromatic heterocycles.